The first-order valence-corrected chi connectivity index (χ1v) is 8.33. The first kappa shape index (κ1) is 18.5. The van der Waals surface area contributed by atoms with E-state index in [9.17, 15) is 4.79 Å². The average molecular weight is 344 g/mol. The van der Waals surface area contributed by atoms with Crippen molar-refractivity contribution in [3.05, 3.63) is 45.9 Å². The number of anilines is 1. The third-order valence-corrected chi connectivity index (χ3v) is 3.32. The van der Waals surface area contributed by atoms with Crippen molar-refractivity contribution in [3.8, 4) is 11.5 Å². The molecule has 2 N–H and O–H groups in total. The second-order valence-electron chi connectivity index (χ2n) is 5.61. The molecule has 2 aromatic rings. The number of hydrogen-bond donors (Lipinski definition) is 2. The van der Waals surface area contributed by atoms with E-state index in [1.165, 1.54) is 6.07 Å². The van der Waals surface area contributed by atoms with Gasteiger partial charge in [-0.15, -0.1) is 0 Å². The van der Waals surface area contributed by atoms with Crippen LogP contribution in [0.1, 0.15) is 44.9 Å². The molecular formula is C18H24N4O3. The van der Waals surface area contributed by atoms with Gasteiger partial charge in [-0.05, 0) is 31.9 Å². The standard InChI is InChI=1S/C18H24N4O3/c1-5-24-14-8-7-13(16(9-14)25-6-2)11-19-22-18-20-15(12(3)4)10-17(23)21-18/h7-12H,5-6H2,1-4H3,(H2,20,21,22,23)/b19-11-. The van der Waals surface area contributed by atoms with Crippen LogP contribution in [0, 0.1) is 0 Å². The molecule has 0 atom stereocenters. The molecule has 0 unspecified atom stereocenters. The summed E-state index contributed by atoms with van der Waals surface area (Å²) in [4.78, 5) is 18.6. The topological polar surface area (TPSA) is 88.6 Å². The van der Waals surface area contributed by atoms with Crippen molar-refractivity contribution in [2.45, 2.75) is 33.6 Å². The molecule has 134 valence electrons. The Bertz CT molecular complexity index is 784. The van der Waals surface area contributed by atoms with Crippen LogP contribution in [0.25, 0.3) is 0 Å². The Kier molecular flexibility index (Phi) is 6.56. The fourth-order valence-electron chi connectivity index (χ4n) is 2.15. The van der Waals surface area contributed by atoms with Gasteiger partial charge in [0.05, 0.1) is 25.1 Å². The maximum atomic E-state index is 11.7. The molecular weight excluding hydrogens is 320 g/mol. The van der Waals surface area contributed by atoms with Crippen molar-refractivity contribution in [1.29, 1.82) is 0 Å². The molecule has 0 amide bonds. The van der Waals surface area contributed by atoms with Gasteiger partial charge in [0.25, 0.3) is 5.56 Å². The van der Waals surface area contributed by atoms with Gasteiger partial charge in [0.1, 0.15) is 11.5 Å². The van der Waals surface area contributed by atoms with Crippen LogP contribution in [0.5, 0.6) is 11.5 Å². The van der Waals surface area contributed by atoms with Crippen molar-refractivity contribution < 1.29 is 9.47 Å². The van der Waals surface area contributed by atoms with E-state index in [1.807, 2.05) is 45.9 Å². The molecule has 0 spiro atoms. The van der Waals surface area contributed by atoms with Crippen molar-refractivity contribution in [1.82, 2.24) is 9.97 Å². The number of H-pyrrole nitrogens is 1. The van der Waals surface area contributed by atoms with Crippen LogP contribution in [-0.2, 0) is 0 Å². The Morgan fingerprint density at radius 2 is 2.00 bits per heavy atom. The van der Waals surface area contributed by atoms with Crippen LogP contribution in [0.3, 0.4) is 0 Å². The normalized spacial score (nSPS) is 11.1. The zero-order chi connectivity index (χ0) is 18.2. The number of hydrazone groups is 1. The number of hydrogen-bond acceptors (Lipinski definition) is 6. The van der Waals surface area contributed by atoms with E-state index in [-0.39, 0.29) is 11.5 Å². The van der Waals surface area contributed by atoms with E-state index in [1.54, 1.807) is 6.21 Å². The number of ether oxygens (including phenoxy) is 2. The SMILES string of the molecule is CCOc1ccc(/C=N\Nc2nc(C(C)C)cc(=O)[nH]2)c(OCC)c1. The van der Waals surface area contributed by atoms with E-state index in [4.69, 9.17) is 9.47 Å². The van der Waals surface area contributed by atoms with Crippen LogP contribution in [0.4, 0.5) is 5.95 Å². The van der Waals surface area contributed by atoms with Gasteiger partial charge in [-0.1, -0.05) is 13.8 Å². The molecule has 0 fully saturated rings. The number of aromatic amines is 1. The molecule has 0 saturated heterocycles. The lowest BCUT2D eigenvalue weighted by Gasteiger charge is -2.10. The Balaban J connectivity index is 2.17. The molecule has 0 aliphatic rings. The predicted molar refractivity (Wildman–Crippen MR) is 98.9 cm³/mol. The molecule has 0 radical (unpaired) electrons. The van der Waals surface area contributed by atoms with E-state index in [0.29, 0.717) is 30.6 Å². The average Bonchev–Trinajstić information content (AvgIpc) is 2.57. The second kappa shape index (κ2) is 8.86. The highest BCUT2D eigenvalue weighted by molar-refractivity contribution is 5.84. The Morgan fingerprint density at radius 3 is 2.68 bits per heavy atom. The van der Waals surface area contributed by atoms with Gasteiger partial charge in [0.15, 0.2) is 0 Å². The molecule has 25 heavy (non-hydrogen) atoms. The fraction of sp³-hybridized carbons (Fsp3) is 0.389. The highest BCUT2D eigenvalue weighted by atomic mass is 16.5. The van der Waals surface area contributed by atoms with Gasteiger partial charge < -0.3 is 9.47 Å². The number of nitrogens with zero attached hydrogens (tertiary/aromatic N) is 2. The van der Waals surface area contributed by atoms with Gasteiger partial charge in [-0.2, -0.15) is 5.10 Å². The molecule has 0 bridgehead atoms. The third-order valence-electron chi connectivity index (χ3n) is 3.32. The number of aromatic nitrogens is 2. The maximum Gasteiger partial charge on any atom is 0.252 e. The summed E-state index contributed by atoms with van der Waals surface area (Å²) < 4.78 is 11.1. The Morgan fingerprint density at radius 1 is 1.24 bits per heavy atom. The van der Waals surface area contributed by atoms with Crippen LogP contribution >= 0.6 is 0 Å². The van der Waals surface area contributed by atoms with E-state index < -0.39 is 0 Å². The van der Waals surface area contributed by atoms with Gasteiger partial charge in [-0.25, -0.2) is 10.4 Å². The molecule has 2 rings (SSSR count). The first-order chi connectivity index (χ1) is 12.0. The van der Waals surface area contributed by atoms with E-state index in [2.05, 4.69) is 20.5 Å². The number of rotatable bonds is 8. The van der Waals surface area contributed by atoms with E-state index in [0.717, 1.165) is 11.3 Å². The summed E-state index contributed by atoms with van der Waals surface area (Å²) >= 11 is 0. The maximum absolute atomic E-state index is 11.7. The third kappa shape index (κ3) is 5.34. The molecule has 1 aromatic carbocycles. The molecule has 7 nitrogen and oxygen atoms in total. The minimum Gasteiger partial charge on any atom is -0.494 e. The van der Waals surface area contributed by atoms with Gasteiger partial charge in [0.2, 0.25) is 5.95 Å². The van der Waals surface area contributed by atoms with Crippen LogP contribution in [0.2, 0.25) is 0 Å². The monoisotopic (exact) mass is 344 g/mol. The molecule has 0 aliphatic carbocycles. The fourth-order valence-corrected chi connectivity index (χ4v) is 2.15. The van der Waals surface area contributed by atoms with Crippen molar-refractivity contribution in [3.63, 3.8) is 0 Å². The molecule has 0 saturated carbocycles. The lowest BCUT2D eigenvalue weighted by Crippen LogP contribution is -2.12. The zero-order valence-corrected chi connectivity index (χ0v) is 15.0. The Hall–Kier alpha value is -2.83. The number of benzene rings is 1. The largest absolute Gasteiger partial charge is 0.494 e. The van der Waals surface area contributed by atoms with Gasteiger partial charge >= 0.3 is 0 Å². The minimum absolute atomic E-state index is 0.155. The van der Waals surface area contributed by atoms with Crippen molar-refractivity contribution in [2.75, 3.05) is 18.6 Å². The highest BCUT2D eigenvalue weighted by Crippen LogP contribution is 2.24. The molecule has 0 aliphatic heterocycles. The summed E-state index contributed by atoms with van der Waals surface area (Å²) in [5.74, 6) is 1.88. The molecule has 7 heteroatoms. The van der Waals surface area contributed by atoms with Crippen LogP contribution in [-0.4, -0.2) is 29.4 Å². The first-order valence-electron chi connectivity index (χ1n) is 8.33. The molecule has 1 heterocycles. The van der Waals surface area contributed by atoms with Gasteiger partial charge in [-0.3, -0.25) is 9.78 Å². The lowest BCUT2D eigenvalue weighted by atomic mass is 10.1. The summed E-state index contributed by atoms with van der Waals surface area (Å²) in [6, 6.07) is 7.03. The minimum atomic E-state index is -0.215. The summed E-state index contributed by atoms with van der Waals surface area (Å²) in [6.45, 7) is 8.92. The summed E-state index contributed by atoms with van der Waals surface area (Å²) in [5, 5.41) is 4.14. The van der Waals surface area contributed by atoms with Crippen molar-refractivity contribution >= 4 is 12.2 Å². The number of nitrogens with one attached hydrogen (secondary N) is 2. The van der Waals surface area contributed by atoms with E-state index >= 15 is 0 Å². The van der Waals surface area contributed by atoms with Gasteiger partial charge in [0, 0.05) is 17.7 Å². The summed E-state index contributed by atoms with van der Waals surface area (Å²) in [7, 11) is 0. The lowest BCUT2D eigenvalue weighted by molar-refractivity contribution is 0.323. The summed E-state index contributed by atoms with van der Waals surface area (Å²) in [5.41, 5.74) is 4.04. The smallest absolute Gasteiger partial charge is 0.252 e. The van der Waals surface area contributed by atoms with Crippen LogP contribution < -0.4 is 20.5 Å². The molecule has 1 aromatic heterocycles. The quantitative estimate of drug-likeness (QED) is 0.567. The second-order valence-corrected chi connectivity index (χ2v) is 5.61. The van der Waals surface area contributed by atoms with Crippen LogP contribution in [0.15, 0.2) is 34.2 Å². The summed E-state index contributed by atoms with van der Waals surface area (Å²) in [6.07, 6.45) is 1.61. The predicted octanol–water partition coefficient (Wildman–Crippen LogP) is 3.14. The Labute approximate surface area is 147 Å². The van der Waals surface area contributed by atoms with Crippen molar-refractivity contribution in [2.24, 2.45) is 5.10 Å². The zero-order valence-electron chi connectivity index (χ0n) is 15.0. The highest BCUT2D eigenvalue weighted by Gasteiger charge is 2.06.